The van der Waals surface area contributed by atoms with Gasteiger partial charge in [-0.3, -0.25) is 0 Å². The number of anilines is 1. The molecule has 0 saturated heterocycles. The van der Waals surface area contributed by atoms with Gasteiger partial charge in [0.15, 0.2) is 5.82 Å². The number of aromatic nitrogens is 3. The Morgan fingerprint density at radius 1 is 1.28 bits per heavy atom. The number of hydrogen-bond donors (Lipinski definition) is 1. The molecule has 18 heavy (non-hydrogen) atoms. The van der Waals surface area contributed by atoms with Gasteiger partial charge in [0.1, 0.15) is 0 Å². The third-order valence-electron chi connectivity index (χ3n) is 2.15. The second-order valence-corrected chi connectivity index (χ2v) is 4.57. The standard InChI is InChI=1S/C12H13BrN4O/c1-2-6-18-12-16-10(15-11(14)17-12)8-4-3-5-9(13)7-8/h3-5,7H,2,6H2,1H3,(H2,14,15,16,17). The molecule has 0 unspecified atom stereocenters. The lowest BCUT2D eigenvalue weighted by Crippen LogP contribution is -2.05. The monoisotopic (exact) mass is 308 g/mol. The summed E-state index contributed by atoms with van der Waals surface area (Å²) in [6, 6.07) is 7.93. The summed E-state index contributed by atoms with van der Waals surface area (Å²) >= 11 is 3.40. The molecule has 2 aromatic rings. The maximum absolute atomic E-state index is 5.65. The molecule has 0 amide bonds. The number of ether oxygens (including phenoxy) is 1. The number of nitrogens with zero attached hydrogens (tertiary/aromatic N) is 3. The van der Waals surface area contributed by atoms with Crippen LogP contribution in [0.1, 0.15) is 13.3 Å². The van der Waals surface area contributed by atoms with Crippen molar-refractivity contribution in [2.24, 2.45) is 0 Å². The Morgan fingerprint density at radius 3 is 2.83 bits per heavy atom. The van der Waals surface area contributed by atoms with Crippen LogP contribution >= 0.6 is 15.9 Å². The van der Waals surface area contributed by atoms with Gasteiger partial charge >= 0.3 is 6.01 Å². The Balaban J connectivity index is 2.35. The third-order valence-corrected chi connectivity index (χ3v) is 2.64. The first kappa shape index (κ1) is 12.8. The van der Waals surface area contributed by atoms with E-state index in [9.17, 15) is 0 Å². The molecule has 0 aliphatic carbocycles. The summed E-state index contributed by atoms with van der Waals surface area (Å²) in [4.78, 5) is 12.3. The molecular formula is C12H13BrN4O. The van der Waals surface area contributed by atoms with Crippen molar-refractivity contribution in [3.8, 4) is 17.4 Å². The van der Waals surface area contributed by atoms with Gasteiger partial charge in [0, 0.05) is 10.0 Å². The van der Waals surface area contributed by atoms with Crippen LogP contribution in [0.15, 0.2) is 28.7 Å². The summed E-state index contributed by atoms with van der Waals surface area (Å²) < 4.78 is 6.33. The fourth-order valence-electron chi connectivity index (χ4n) is 1.39. The Kier molecular flexibility index (Phi) is 4.09. The smallest absolute Gasteiger partial charge is 0.321 e. The zero-order chi connectivity index (χ0) is 13.0. The van der Waals surface area contributed by atoms with Gasteiger partial charge < -0.3 is 10.5 Å². The maximum atomic E-state index is 5.65. The number of halogens is 1. The summed E-state index contributed by atoms with van der Waals surface area (Å²) in [6.45, 7) is 2.57. The van der Waals surface area contributed by atoms with Crippen molar-refractivity contribution in [1.82, 2.24) is 15.0 Å². The van der Waals surface area contributed by atoms with Crippen molar-refractivity contribution in [1.29, 1.82) is 0 Å². The van der Waals surface area contributed by atoms with Crippen LogP contribution in [0.4, 0.5) is 5.95 Å². The zero-order valence-electron chi connectivity index (χ0n) is 9.93. The second kappa shape index (κ2) is 5.77. The fraction of sp³-hybridized carbons (Fsp3) is 0.250. The van der Waals surface area contributed by atoms with Crippen LogP contribution in [0.5, 0.6) is 6.01 Å². The van der Waals surface area contributed by atoms with Crippen LogP contribution in [0.3, 0.4) is 0 Å². The van der Waals surface area contributed by atoms with Crippen molar-refractivity contribution >= 4 is 21.9 Å². The molecular weight excluding hydrogens is 296 g/mol. The molecule has 0 fully saturated rings. The Morgan fingerprint density at radius 2 is 2.11 bits per heavy atom. The summed E-state index contributed by atoms with van der Waals surface area (Å²) in [5.74, 6) is 0.668. The van der Waals surface area contributed by atoms with E-state index in [-0.39, 0.29) is 12.0 Å². The normalized spacial score (nSPS) is 10.3. The second-order valence-electron chi connectivity index (χ2n) is 3.66. The molecule has 0 aliphatic heterocycles. The lowest BCUT2D eigenvalue weighted by molar-refractivity contribution is 0.292. The first-order chi connectivity index (χ1) is 8.69. The van der Waals surface area contributed by atoms with Crippen LogP contribution in [-0.2, 0) is 0 Å². The minimum Gasteiger partial charge on any atom is -0.463 e. The average molecular weight is 309 g/mol. The molecule has 6 heteroatoms. The fourth-order valence-corrected chi connectivity index (χ4v) is 1.79. The number of rotatable bonds is 4. The van der Waals surface area contributed by atoms with Gasteiger partial charge in [-0.15, -0.1) is 0 Å². The van der Waals surface area contributed by atoms with E-state index in [1.807, 2.05) is 31.2 Å². The van der Waals surface area contributed by atoms with E-state index in [4.69, 9.17) is 10.5 Å². The highest BCUT2D eigenvalue weighted by atomic mass is 79.9. The lowest BCUT2D eigenvalue weighted by Gasteiger charge is -2.06. The van der Waals surface area contributed by atoms with E-state index >= 15 is 0 Å². The Bertz CT molecular complexity index is 547. The minimum atomic E-state index is 0.158. The molecule has 0 saturated carbocycles. The first-order valence-corrected chi connectivity index (χ1v) is 6.38. The topological polar surface area (TPSA) is 73.9 Å². The minimum absolute atomic E-state index is 0.158. The Labute approximate surface area is 114 Å². The first-order valence-electron chi connectivity index (χ1n) is 5.59. The summed E-state index contributed by atoms with van der Waals surface area (Å²) in [7, 11) is 0. The van der Waals surface area contributed by atoms with Crippen LogP contribution in [0, 0.1) is 0 Å². The predicted octanol–water partition coefficient (Wildman–Crippen LogP) is 2.67. The zero-order valence-corrected chi connectivity index (χ0v) is 11.5. The molecule has 94 valence electrons. The third kappa shape index (κ3) is 3.16. The number of benzene rings is 1. The molecule has 0 radical (unpaired) electrons. The number of nitrogen functional groups attached to an aromatic ring is 1. The number of hydrogen-bond acceptors (Lipinski definition) is 5. The highest BCUT2D eigenvalue weighted by molar-refractivity contribution is 9.10. The maximum Gasteiger partial charge on any atom is 0.321 e. The highest BCUT2D eigenvalue weighted by Gasteiger charge is 2.07. The van der Waals surface area contributed by atoms with Gasteiger partial charge in [0.25, 0.3) is 0 Å². The average Bonchev–Trinajstić information content (AvgIpc) is 2.36. The van der Waals surface area contributed by atoms with Gasteiger partial charge in [-0.05, 0) is 18.6 Å². The molecule has 2 N–H and O–H groups in total. The van der Waals surface area contributed by atoms with E-state index in [0.717, 1.165) is 16.5 Å². The van der Waals surface area contributed by atoms with Crippen molar-refractivity contribution < 1.29 is 4.74 Å². The molecule has 1 heterocycles. The largest absolute Gasteiger partial charge is 0.463 e. The molecule has 0 aliphatic rings. The van der Waals surface area contributed by atoms with Gasteiger partial charge in [-0.25, -0.2) is 0 Å². The molecule has 1 aromatic heterocycles. The van der Waals surface area contributed by atoms with Crippen LogP contribution < -0.4 is 10.5 Å². The van der Waals surface area contributed by atoms with Gasteiger partial charge in [-0.1, -0.05) is 35.0 Å². The van der Waals surface area contributed by atoms with E-state index in [2.05, 4.69) is 30.9 Å². The summed E-state index contributed by atoms with van der Waals surface area (Å²) in [6.07, 6.45) is 0.887. The molecule has 5 nitrogen and oxygen atoms in total. The van der Waals surface area contributed by atoms with E-state index < -0.39 is 0 Å². The molecule has 2 rings (SSSR count). The number of nitrogens with two attached hydrogens (primary N) is 1. The van der Waals surface area contributed by atoms with Crippen LogP contribution in [0.2, 0.25) is 0 Å². The SMILES string of the molecule is CCCOc1nc(N)nc(-c2cccc(Br)c2)n1. The predicted molar refractivity (Wildman–Crippen MR) is 73.2 cm³/mol. The molecule has 0 atom stereocenters. The van der Waals surface area contributed by atoms with Crippen molar-refractivity contribution in [3.63, 3.8) is 0 Å². The van der Waals surface area contributed by atoms with Crippen LogP contribution in [-0.4, -0.2) is 21.6 Å². The lowest BCUT2D eigenvalue weighted by atomic mass is 10.2. The van der Waals surface area contributed by atoms with Gasteiger partial charge in [-0.2, -0.15) is 15.0 Å². The van der Waals surface area contributed by atoms with Crippen molar-refractivity contribution in [2.75, 3.05) is 12.3 Å². The highest BCUT2D eigenvalue weighted by Crippen LogP contribution is 2.21. The molecule has 0 bridgehead atoms. The summed E-state index contributed by atoms with van der Waals surface area (Å²) in [5, 5.41) is 0. The van der Waals surface area contributed by atoms with Gasteiger partial charge in [0.05, 0.1) is 6.61 Å². The van der Waals surface area contributed by atoms with E-state index in [1.54, 1.807) is 0 Å². The van der Waals surface area contributed by atoms with E-state index in [1.165, 1.54) is 0 Å². The Hall–Kier alpha value is -1.69. The quantitative estimate of drug-likeness (QED) is 0.940. The summed E-state index contributed by atoms with van der Waals surface area (Å²) in [5.41, 5.74) is 6.51. The van der Waals surface area contributed by atoms with Crippen LogP contribution in [0.25, 0.3) is 11.4 Å². The van der Waals surface area contributed by atoms with E-state index in [0.29, 0.717) is 12.4 Å². The van der Waals surface area contributed by atoms with Crippen molar-refractivity contribution in [3.05, 3.63) is 28.7 Å². The van der Waals surface area contributed by atoms with Crippen molar-refractivity contribution in [2.45, 2.75) is 13.3 Å². The van der Waals surface area contributed by atoms with Gasteiger partial charge in [0.2, 0.25) is 5.95 Å². The molecule has 0 spiro atoms. The molecule has 1 aromatic carbocycles.